The Kier molecular flexibility index (Phi) is 9.86. The van der Waals surface area contributed by atoms with Gasteiger partial charge in [0.05, 0.1) is 35.4 Å². The van der Waals surface area contributed by atoms with E-state index in [-0.39, 0.29) is 41.4 Å². The Morgan fingerprint density at radius 3 is 2.33 bits per heavy atom. The van der Waals surface area contributed by atoms with Crippen LogP contribution in [0.4, 0.5) is 9.18 Å². The summed E-state index contributed by atoms with van der Waals surface area (Å²) in [5, 5.41) is 7.97. The van der Waals surface area contributed by atoms with Gasteiger partial charge in [-0.3, -0.25) is 19.3 Å². The molecule has 4 fully saturated rings. The van der Waals surface area contributed by atoms with Crippen molar-refractivity contribution in [3.63, 3.8) is 0 Å². The van der Waals surface area contributed by atoms with Gasteiger partial charge in [-0.1, -0.05) is 24.3 Å². The number of ether oxygens (including phenoxy) is 2. The first-order valence-corrected chi connectivity index (χ1v) is 18.1. The minimum atomic E-state index is -0.600. The summed E-state index contributed by atoms with van der Waals surface area (Å²) in [6.07, 6.45) is 3.93. The van der Waals surface area contributed by atoms with E-state index in [4.69, 9.17) is 9.47 Å². The van der Waals surface area contributed by atoms with Crippen LogP contribution in [0, 0.1) is 11.7 Å². The zero-order valence-corrected chi connectivity index (χ0v) is 29.6. The van der Waals surface area contributed by atoms with Gasteiger partial charge in [0.15, 0.2) is 0 Å². The molecule has 7 rings (SSSR count). The van der Waals surface area contributed by atoms with Crippen LogP contribution in [-0.4, -0.2) is 124 Å². The molecule has 3 amide bonds. The van der Waals surface area contributed by atoms with E-state index in [1.165, 1.54) is 6.07 Å². The monoisotopic (exact) mass is 702 g/mol. The normalized spacial score (nSPS) is 22.9. The van der Waals surface area contributed by atoms with Crippen LogP contribution < -0.4 is 5.56 Å². The minimum absolute atomic E-state index is 0.0168. The number of carbonyl (C=O) groups is 3. The minimum Gasteiger partial charge on any atom is -0.444 e. The van der Waals surface area contributed by atoms with Crippen LogP contribution in [0.15, 0.2) is 47.3 Å². The second kappa shape index (κ2) is 14.3. The Hall–Kier alpha value is -4.36. The number of carbonyl (C=O) groups excluding carboxylic acids is 3. The molecule has 4 aliphatic rings. The van der Waals surface area contributed by atoms with Gasteiger partial charge in [-0.15, -0.1) is 0 Å². The van der Waals surface area contributed by atoms with E-state index in [9.17, 15) is 23.6 Å². The van der Waals surface area contributed by atoms with E-state index in [0.717, 1.165) is 38.8 Å². The van der Waals surface area contributed by atoms with Crippen molar-refractivity contribution >= 4 is 28.7 Å². The number of halogens is 1. The molecule has 3 aromatic rings. The zero-order chi connectivity index (χ0) is 35.9. The van der Waals surface area contributed by atoms with Gasteiger partial charge in [-0.05, 0) is 70.2 Å². The lowest BCUT2D eigenvalue weighted by Crippen LogP contribution is -2.53. The fourth-order valence-electron chi connectivity index (χ4n) is 8.03. The summed E-state index contributed by atoms with van der Waals surface area (Å²) in [7, 11) is 0. The average Bonchev–Trinajstić information content (AvgIpc) is 3.71. The maximum atomic E-state index is 15.0. The van der Waals surface area contributed by atoms with Gasteiger partial charge >= 0.3 is 6.09 Å². The van der Waals surface area contributed by atoms with E-state index in [0.29, 0.717) is 73.6 Å². The van der Waals surface area contributed by atoms with Crippen LogP contribution in [0.2, 0.25) is 0 Å². The van der Waals surface area contributed by atoms with Crippen LogP contribution in [0.3, 0.4) is 0 Å². The third-order valence-electron chi connectivity index (χ3n) is 10.7. The molecule has 0 radical (unpaired) electrons. The Bertz CT molecular complexity index is 1840. The van der Waals surface area contributed by atoms with Crippen molar-refractivity contribution in [3.05, 3.63) is 75.5 Å². The molecule has 3 aliphatic heterocycles. The number of nitrogens with zero attached hydrogens (tertiary/aromatic N) is 5. The molecule has 0 unspecified atom stereocenters. The molecule has 51 heavy (non-hydrogen) atoms. The first kappa shape index (κ1) is 35.1. The molecule has 12 nitrogen and oxygen atoms in total. The van der Waals surface area contributed by atoms with Gasteiger partial charge in [-0.2, -0.15) is 5.10 Å². The zero-order valence-electron chi connectivity index (χ0n) is 29.6. The number of hydrogen-bond donors (Lipinski definition) is 1. The summed E-state index contributed by atoms with van der Waals surface area (Å²) in [6, 6.07) is 11.8. The molecular formula is C38H47FN6O6. The summed E-state index contributed by atoms with van der Waals surface area (Å²) in [5.74, 6) is -0.632. The molecule has 2 aromatic carbocycles. The van der Waals surface area contributed by atoms with E-state index in [1.54, 1.807) is 34.1 Å². The number of likely N-dealkylation sites (tertiary alicyclic amines) is 2. The standard InChI is InChI=1S/C38H47FN6O6/c1-38(2,3)51-37(49)45-22-25-20-26(45)21-33(25)50-27-10-12-42(13-11-27)23-34(46)43-14-16-44(17-15-43)36(48)30-18-24(8-9-31(30)39)19-32-28-6-4-5-7-29(28)35(47)41-40-32/h4-9,18,25-27,33H,10-17,19-23H2,1-3H3,(H,41,47)/t25-,26-,33-/m0/s1. The molecule has 4 heterocycles. The summed E-state index contributed by atoms with van der Waals surface area (Å²) in [6.45, 7) is 9.66. The van der Waals surface area contributed by atoms with Gasteiger partial charge in [-0.25, -0.2) is 14.3 Å². The lowest BCUT2D eigenvalue weighted by Gasteiger charge is -2.38. The van der Waals surface area contributed by atoms with Crippen LogP contribution >= 0.6 is 0 Å². The molecule has 1 aromatic heterocycles. The molecule has 1 aliphatic carbocycles. The van der Waals surface area contributed by atoms with Crippen LogP contribution in [0.25, 0.3) is 10.8 Å². The van der Waals surface area contributed by atoms with Gasteiger partial charge in [0.25, 0.3) is 11.5 Å². The highest BCUT2D eigenvalue weighted by Gasteiger charge is 2.49. The maximum absolute atomic E-state index is 15.0. The van der Waals surface area contributed by atoms with Crippen molar-refractivity contribution < 1.29 is 28.2 Å². The van der Waals surface area contributed by atoms with Crippen molar-refractivity contribution in [3.8, 4) is 0 Å². The lowest BCUT2D eigenvalue weighted by molar-refractivity contribution is -0.135. The van der Waals surface area contributed by atoms with E-state index >= 15 is 0 Å². The summed E-state index contributed by atoms with van der Waals surface area (Å²) in [4.78, 5) is 58.9. The Balaban J connectivity index is 0.854. The quantitative estimate of drug-likeness (QED) is 0.394. The van der Waals surface area contributed by atoms with E-state index in [2.05, 4.69) is 15.1 Å². The van der Waals surface area contributed by atoms with Gasteiger partial charge in [0, 0.05) is 69.6 Å². The molecular weight excluding hydrogens is 655 g/mol. The lowest BCUT2D eigenvalue weighted by atomic mass is 10.0. The fraction of sp³-hybridized carbons (Fsp3) is 0.553. The first-order chi connectivity index (χ1) is 24.4. The highest BCUT2D eigenvalue weighted by molar-refractivity contribution is 5.95. The number of hydrogen-bond acceptors (Lipinski definition) is 8. The topological polar surface area (TPSA) is 128 Å². The predicted octanol–water partition coefficient (Wildman–Crippen LogP) is 3.82. The molecule has 3 saturated heterocycles. The van der Waals surface area contributed by atoms with Gasteiger partial charge in [0.2, 0.25) is 5.91 Å². The van der Waals surface area contributed by atoms with Gasteiger partial charge in [0.1, 0.15) is 11.4 Å². The van der Waals surface area contributed by atoms with Crippen LogP contribution in [-0.2, 0) is 20.7 Å². The Morgan fingerprint density at radius 2 is 1.65 bits per heavy atom. The number of benzene rings is 2. The number of nitrogens with one attached hydrogen (secondary N) is 1. The van der Waals surface area contributed by atoms with Crippen molar-refractivity contribution in [2.45, 2.75) is 76.7 Å². The Morgan fingerprint density at radius 1 is 0.941 bits per heavy atom. The third-order valence-corrected chi connectivity index (χ3v) is 10.7. The van der Waals surface area contributed by atoms with Crippen molar-refractivity contribution in [1.29, 1.82) is 0 Å². The number of amides is 3. The van der Waals surface area contributed by atoms with Crippen LogP contribution in [0.5, 0.6) is 0 Å². The fourth-order valence-corrected chi connectivity index (χ4v) is 8.03. The smallest absolute Gasteiger partial charge is 0.410 e. The SMILES string of the molecule is CC(C)(C)OC(=O)N1C[C@@H]2C[C@H]1C[C@@H]2OC1CCN(CC(=O)N2CCN(C(=O)c3cc(Cc4n[nH]c(=O)c5ccccc45)ccc3F)CC2)CC1. The molecule has 13 heteroatoms. The second-order valence-corrected chi connectivity index (χ2v) is 15.4. The third kappa shape index (κ3) is 7.79. The van der Waals surface area contributed by atoms with E-state index in [1.807, 2.05) is 37.8 Å². The number of piperidine rings is 2. The number of aromatic nitrogens is 2. The van der Waals surface area contributed by atoms with Crippen LogP contribution in [0.1, 0.15) is 68.1 Å². The summed E-state index contributed by atoms with van der Waals surface area (Å²) in [5.41, 5.74) is 0.534. The largest absolute Gasteiger partial charge is 0.444 e. The summed E-state index contributed by atoms with van der Waals surface area (Å²) >= 11 is 0. The Labute approximate surface area is 296 Å². The second-order valence-electron chi connectivity index (χ2n) is 15.4. The number of H-pyrrole nitrogens is 1. The molecule has 1 N–H and O–H groups in total. The number of aromatic amines is 1. The highest BCUT2D eigenvalue weighted by atomic mass is 19.1. The number of fused-ring (bicyclic) bond motifs is 3. The van der Waals surface area contributed by atoms with E-state index < -0.39 is 17.3 Å². The molecule has 272 valence electrons. The molecule has 0 spiro atoms. The maximum Gasteiger partial charge on any atom is 0.410 e. The molecule has 2 bridgehead atoms. The average molecular weight is 703 g/mol. The first-order valence-electron chi connectivity index (χ1n) is 18.1. The highest BCUT2D eigenvalue weighted by Crippen LogP contribution is 2.41. The van der Waals surface area contributed by atoms with Crippen molar-refractivity contribution in [1.82, 2.24) is 29.8 Å². The molecule has 3 atom stereocenters. The number of piperazine rings is 1. The predicted molar refractivity (Wildman–Crippen MR) is 188 cm³/mol. The molecule has 1 saturated carbocycles. The summed E-state index contributed by atoms with van der Waals surface area (Å²) < 4.78 is 27.1. The van der Waals surface area contributed by atoms with Crippen molar-refractivity contribution in [2.75, 3.05) is 52.4 Å². The van der Waals surface area contributed by atoms with Crippen molar-refractivity contribution in [2.24, 2.45) is 5.92 Å². The number of rotatable bonds is 7. The van der Waals surface area contributed by atoms with Gasteiger partial charge < -0.3 is 24.2 Å².